The smallest absolute Gasteiger partial charge is 0.256 e. The number of nitrogens with one attached hydrogen (secondary N) is 1. The summed E-state index contributed by atoms with van der Waals surface area (Å²) in [4.78, 5) is 27.0. The van der Waals surface area contributed by atoms with Crippen LogP contribution in [0.25, 0.3) is 10.2 Å². The van der Waals surface area contributed by atoms with Crippen molar-refractivity contribution in [3.8, 4) is 11.6 Å². The maximum Gasteiger partial charge on any atom is 0.256 e. The quantitative estimate of drug-likeness (QED) is 0.385. The van der Waals surface area contributed by atoms with E-state index in [0.29, 0.717) is 37.6 Å². The number of likely N-dealkylation sites (tertiary alicyclic amines) is 1. The molecule has 0 saturated carbocycles. The first-order valence-electron chi connectivity index (χ1n) is 11.2. The van der Waals surface area contributed by atoms with Crippen LogP contribution in [0.5, 0.6) is 11.6 Å². The fourth-order valence-electron chi connectivity index (χ4n) is 4.09. The average molecular weight is 478 g/mol. The van der Waals surface area contributed by atoms with Gasteiger partial charge in [0.2, 0.25) is 5.88 Å². The van der Waals surface area contributed by atoms with E-state index in [2.05, 4.69) is 26.3 Å². The Morgan fingerprint density at radius 3 is 2.59 bits per heavy atom. The number of hydrogen-bond donors (Lipinski definition) is 1. The minimum Gasteiger partial charge on any atom is -0.437 e. The van der Waals surface area contributed by atoms with Crippen LogP contribution in [0.1, 0.15) is 31.4 Å². The summed E-state index contributed by atoms with van der Waals surface area (Å²) < 4.78 is 20.6. The lowest BCUT2D eigenvalue weighted by Gasteiger charge is -2.32. The van der Waals surface area contributed by atoms with Crippen LogP contribution in [0.4, 0.5) is 15.2 Å². The van der Waals surface area contributed by atoms with E-state index in [1.54, 1.807) is 28.6 Å². The number of aromatic nitrogens is 3. The highest BCUT2D eigenvalue weighted by Gasteiger charge is 2.29. The van der Waals surface area contributed by atoms with Gasteiger partial charge in [-0.15, -0.1) is 0 Å². The van der Waals surface area contributed by atoms with Crippen LogP contribution in [-0.2, 0) is 4.79 Å². The van der Waals surface area contributed by atoms with Crippen molar-refractivity contribution >= 4 is 38.3 Å². The number of thiazole rings is 1. The fraction of sp³-hybridized carbons (Fsp3) is 0.280. The molecule has 2 aromatic heterocycles. The van der Waals surface area contributed by atoms with E-state index >= 15 is 0 Å². The van der Waals surface area contributed by atoms with Crippen molar-refractivity contribution in [2.45, 2.75) is 31.9 Å². The maximum atomic E-state index is 13.4. The highest BCUT2D eigenvalue weighted by atomic mass is 32.1. The zero-order chi connectivity index (χ0) is 23.5. The Morgan fingerprint density at radius 2 is 1.85 bits per heavy atom. The number of fused-ring (bicyclic) bond motifs is 1. The first-order valence-corrected chi connectivity index (χ1v) is 12.0. The summed E-state index contributed by atoms with van der Waals surface area (Å²) >= 11 is 1.60. The molecule has 3 heterocycles. The Balaban J connectivity index is 1.25. The van der Waals surface area contributed by atoms with Crippen LogP contribution >= 0.6 is 11.3 Å². The summed E-state index contributed by atoms with van der Waals surface area (Å²) in [5.74, 6) is 0.754. The summed E-state index contributed by atoms with van der Waals surface area (Å²) in [6.45, 7) is 2.28. The Hall–Kier alpha value is -3.59. The fourth-order valence-corrected chi connectivity index (χ4v) is 4.97. The van der Waals surface area contributed by atoms with E-state index in [1.165, 1.54) is 6.92 Å². The summed E-state index contributed by atoms with van der Waals surface area (Å²) in [5, 5.41) is 4.17. The molecule has 0 aliphatic carbocycles. The number of rotatable bonds is 6. The minimum absolute atomic E-state index is 0.0997. The molecule has 1 aliphatic rings. The van der Waals surface area contributed by atoms with Crippen LogP contribution in [0, 0.1) is 0 Å². The largest absolute Gasteiger partial charge is 0.437 e. The summed E-state index contributed by atoms with van der Waals surface area (Å²) in [6.07, 6.45) is 3.16. The standard InChI is InChI=1S/C25H24FN5O2S/c1-16(26)24(32)31-14-10-17(11-15-31)22-23(28-13-12-27-22)33-19-8-6-18(7-9-19)29-25-30-20-4-2-3-5-21(20)34-25/h2-9,12-13,16-17H,10-11,14-15H2,1H3,(H,29,30). The van der Waals surface area contributed by atoms with Crippen LogP contribution in [0.2, 0.25) is 0 Å². The van der Waals surface area contributed by atoms with Crippen LogP contribution < -0.4 is 10.1 Å². The molecular formula is C25H24FN5O2S. The third-order valence-electron chi connectivity index (χ3n) is 5.84. The normalized spacial score (nSPS) is 15.3. The lowest BCUT2D eigenvalue weighted by Crippen LogP contribution is -2.41. The van der Waals surface area contributed by atoms with Gasteiger partial charge in [-0.25, -0.2) is 14.4 Å². The number of anilines is 2. The third-order valence-corrected chi connectivity index (χ3v) is 6.79. The van der Waals surface area contributed by atoms with Crippen LogP contribution in [0.3, 0.4) is 0 Å². The molecule has 1 unspecified atom stereocenters. The highest BCUT2D eigenvalue weighted by molar-refractivity contribution is 7.22. The molecule has 4 aromatic rings. The zero-order valence-corrected chi connectivity index (χ0v) is 19.5. The van der Waals surface area contributed by atoms with Gasteiger partial charge in [0, 0.05) is 37.1 Å². The van der Waals surface area contributed by atoms with Crippen molar-refractivity contribution in [1.29, 1.82) is 0 Å². The average Bonchev–Trinajstić information content (AvgIpc) is 3.27. The van der Waals surface area contributed by atoms with Gasteiger partial charge in [-0.2, -0.15) is 0 Å². The predicted molar refractivity (Wildman–Crippen MR) is 131 cm³/mol. The Bertz CT molecular complexity index is 1250. The highest BCUT2D eigenvalue weighted by Crippen LogP contribution is 2.34. The van der Waals surface area contributed by atoms with E-state index in [4.69, 9.17) is 4.74 Å². The summed E-state index contributed by atoms with van der Waals surface area (Å²) in [6, 6.07) is 15.6. The second-order valence-corrected chi connectivity index (χ2v) is 9.23. The molecule has 1 amide bonds. The lowest BCUT2D eigenvalue weighted by atomic mass is 9.93. The van der Waals surface area contributed by atoms with E-state index in [9.17, 15) is 9.18 Å². The molecule has 5 rings (SSSR count). The molecular weight excluding hydrogens is 453 g/mol. The van der Waals surface area contributed by atoms with Gasteiger partial charge in [0.15, 0.2) is 11.3 Å². The molecule has 7 nitrogen and oxygen atoms in total. The van der Waals surface area contributed by atoms with Gasteiger partial charge in [0.25, 0.3) is 5.91 Å². The molecule has 1 N–H and O–H groups in total. The first kappa shape index (κ1) is 22.2. The van der Waals surface area contributed by atoms with Gasteiger partial charge in [0.1, 0.15) is 11.4 Å². The molecule has 1 aliphatic heterocycles. The molecule has 34 heavy (non-hydrogen) atoms. The van der Waals surface area contributed by atoms with Crippen LogP contribution in [-0.4, -0.2) is 45.0 Å². The number of piperidine rings is 1. The topological polar surface area (TPSA) is 80.2 Å². The number of nitrogens with zero attached hydrogens (tertiary/aromatic N) is 4. The SMILES string of the molecule is CC(F)C(=O)N1CCC(c2nccnc2Oc2ccc(Nc3nc4ccccc4s3)cc2)CC1. The van der Waals surface area contributed by atoms with Gasteiger partial charge >= 0.3 is 0 Å². The Labute approximate surface area is 200 Å². The van der Waals surface area contributed by atoms with Gasteiger partial charge in [-0.05, 0) is 56.2 Å². The number of para-hydroxylation sites is 1. The second kappa shape index (κ2) is 9.72. The van der Waals surface area contributed by atoms with Gasteiger partial charge in [-0.3, -0.25) is 9.78 Å². The van der Waals surface area contributed by atoms with Crippen molar-refractivity contribution in [3.63, 3.8) is 0 Å². The third kappa shape index (κ3) is 4.84. The summed E-state index contributed by atoms with van der Waals surface area (Å²) in [5.41, 5.74) is 2.64. The van der Waals surface area contributed by atoms with Crippen molar-refractivity contribution in [3.05, 3.63) is 66.6 Å². The number of alkyl halides is 1. The van der Waals surface area contributed by atoms with Crippen molar-refractivity contribution in [1.82, 2.24) is 19.9 Å². The van der Waals surface area contributed by atoms with E-state index in [-0.39, 0.29) is 5.92 Å². The lowest BCUT2D eigenvalue weighted by molar-refractivity contribution is -0.137. The van der Waals surface area contributed by atoms with Gasteiger partial charge in [-0.1, -0.05) is 23.5 Å². The van der Waals surface area contributed by atoms with Crippen LogP contribution in [0.15, 0.2) is 60.9 Å². The molecule has 1 fully saturated rings. The van der Waals surface area contributed by atoms with Crippen molar-refractivity contribution < 1.29 is 13.9 Å². The first-order chi connectivity index (χ1) is 16.6. The molecule has 9 heteroatoms. The molecule has 1 saturated heterocycles. The summed E-state index contributed by atoms with van der Waals surface area (Å²) in [7, 11) is 0. The molecule has 2 aromatic carbocycles. The number of hydrogen-bond acceptors (Lipinski definition) is 7. The Kier molecular flexibility index (Phi) is 6.35. The van der Waals surface area contributed by atoms with E-state index in [0.717, 1.165) is 26.7 Å². The molecule has 0 bridgehead atoms. The monoisotopic (exact) mass is 477 g/mol. The van der Waals surface area contributed by atoms with E-state index < -0.39 is 12.1 Å². The number of carbonyl (C=O) groups is 1. The maximum absolute atomic E-state index is 13.4. The van der Waals surface area contributed by atoms with Crippen molar-refractivity contribution in [2.24, 2.45) is 0 Å². The second-order valence-electron chi connectivity index (χ2n) is 8.20. The molecule has 0 spiro atoms. The number of halogens is 1. The van der Waals surface area contributed by atoms with Crippen molar-refractivity contribution in [2.75, 3.05) is 18.4 Å². The molecule has 1 atom stereocenters. The minimum atomic E-state index is -1.47. The Morgan fingerprint density at radius 1 is 1.12 bits per heavy atom. The zero-order valence-electron chi connectivity index (χ0n) is 18.6. The number of amides is 1. The number of carbonyl (C=O) groups excluding carboxylic acids is 1. The van der Waals surface area contributed by atoms with E-state index in [1.807, 2.05) is 42.5 Å². The number of benzene rings is 2. The van der Waals surface area contributed by atoms with Gasteiger partial charge in [0.05, 0.1) is 10.2 Å². The predicted octanol–water partition coefficient (Wildman–Crippen LogP) is 5.69. The molecule has 0 radical (unpaired) electrons. The van der Waals surface area contributed by atoms with Gasteiger partial charge < -0.3 is 15.0 Å². The number of ether oxygens (including phenoxy) is 1. The molecule has 174 valence electrons.